The molecule has 0 bridgehead atoms. The third-order valence-electron chi connectivity index (χ3n) is 2.18. The van der Waals surface area contributed by atoms with Gasteiger partial charge in [-0.1, -0.05) is 0 Å². The van der Waals surface area contributed by atoms with Gasteiger partial charge < -0.3 is 10.1 Å². The SMILES string of the molecule is Cl.O=C(O)c1cc2cc(C(F)(F)F)ccc2[nH]1. The van der Waals surface area contributed by atoms with Crippen LogP contribution in [0.2, 0.25) is 0 Å². The number of carboxylic acid groups (broad SMARTS) is 1. The predicted molar refractivity (Wildman–Crippen MR) is 57.5 cm³/mol. The smallest absolute Gasteiger partial charge is 0.416 e. The van der Waals surface area contributed by atoms with Crippen LogP contribution in [0.25, 0.3) is 10.9 Å². The summed E-state index contributed by atoms with van der Waals surface area (Å²) >= 11 is 0. The number of halogens is 4. The molecule has 0 unspecified atom stereocenters. The van der Waals surface area contributed by atoms with Gasteiger partial charge in [-0.25, -0.2) is 4.79 Å². The van der Waals surface area contributed by atoms with Crippen LogP contribution in [0.3, 0.4) is 0 Å². The first-order valence-corrected chi connectivity index (χ1v) is 4.31. The number of hydrogen-bond acceptors (Lipinski definition) is 1. The van der Waals surface area contributed by atoms with Crippen molar-refractivity contribution in [2.45, 2.75) is 6.18 Å². The van der Waals surface area contributed by atoms with E-state index in [1.807, 2.05) is 0 Å². The minimum atomic E-state index is -4.42. The molecule has 2 rings (SSSR count). The van der Waals surface area contributed by atoms with E-state index in [-0.39, 0.29) is 23.5 Å². The van der Waals surface area contributed by atoms with Crippen LogP contribution in [-0.2, 0) is 6.18 Å². The van der Waals surface area contributed by atoms with Crippen LogP contribution in [0, 0.1) is 0 Å². The fourth-order valence-electron chi connectivity index (χ4n) is 1.42. The average Bonchev–Trinajstić information content (AvgIpc) is 2.58. The first kappa shape index (κ1) is 13.4. The molecule has 0 saturated carbocycles. The number of fused-ring (bicyclic) bond motifs is 1. The number of rotatable bonds is 1. The van der Waals surface area contributed by atoms with E-state index in [2.05, 4.69) is 4.98 Å². The molecule has 0 fully saturated rings. The van der Waals surface area contributed by atoms with Gasteiger partial charge in [-0.15, -0.1) is 12.4 Å². The topological polar surface area (TPSA) is 53.1 Å². The summed E-state index contributed by atoms with van der Waals surface area (Å²) in [5, 5.41) is 8.89. The molecule has 1 heterocycles. The lowest BCUT2D eigenvalue weighted by Crippen LogP contribution is -2.03. The van der Waals surface area contributed by atoms with Gasteiger partial charge in [-0.3, -0.25) is 0 Å². The van der Waals surface area contributed by atoms with Crippen LogP contribution >= 0.6 is 12.4 Å². The van der Waals surface area contributed by atoms with Crippen molar-refractivity contribution in [1.29, 1.82) is 0 Å². The summed E-state index contributed by atoms with van der Waals surface area (Å²) in [5.41, 5.74) is -0.560. The number of carboxylic acids is 1. The monoisotopic (exact) mass is 265 g/mol. The normalized spacial score (nSPS) is 11.2. The summed E-state index contributed by atoms with van der Waals surface area (Å²) in [7, 11) is 0. The lowest BCUT2D eigenvalue weighted by atomic mass is 10.1. The van der Waals surface area contributed by atoms with Gasteiger partial charge in [0.2, 0.25) is 0 Å². The summed E-state index contributed by atoms with van der Waals surface area (Å²) in [6.07, 6.45) is -4.42. The lowest BCUT2D eigenvalue weighted by Gasteiger charge is -2.05. The van der Waals surface area contributed by atoms with Crippen molar-refractivity contribution in [2.24, 2.45) is 0 Å². The average molecular weight is 266 g/mol. The highest BCUT2D eigenvalue weighted by atomic mass is 35.5. The number of nitrogens with one attached hydrogen (secondary N) is 1. The minimum absolute atomic E-state index is 0. The quantitative estimate of drug-likeness (QED) is 0.831. The molecule has 0 amide bonds. The molecule has 17 heavy (non-hydrogen) atoms. The Labute approximate surface area is 99.7 Å². The Kier molecular flexibility index (Phi) is 3.38. The summed E-state index contributed by atoms with van der Waals surface area (Å²) in [4.78, 5) is 13.1. The number of aromatic nitrogens is 1. The molecule has 92 valence electrons. The van der Waals surface area contributed by atoms with Crippen LogP contribution in [-0.4, -0.2) is 16.1 Å². The number of carbonyl (C=O) groups is 1. The lowest BCUT2D eigenvalue weighted by molar-refractivity contribution is -0.137. The molecule has 0 radical (unpaired) electrons. The molecule has 2 N–H and O–H groups in total. The zero-order valence-corrected chi connectivity index (χ0v) is 9.02. The maximum atomic E-state index is 12.4. The number of alkyl halides is 3. The maximum Gasteiger partial charge on any atom is 0.416 e. The van der Waals surface area contributed by atoms with Gasteiger partial charge in [0.1, 0.15) is 5.69 Å². The van der Waals surface area contributed by atoms with Gasteiger partial charge in [-0.05, 0) is 24.3 Å². The van der Waals surface area contributed by atoms with E-state index in [0.717, 1.165) is 12.1 Å². The Bertz CT molecular complexity index is 562. The minimum Gasteiger partial charge on any atom is -0.477 e. The molecule has 0 spiro atoms. The van der Waals surface area contributed by atoms with Crippen molar-refractivity contribution in [3.63, 3.8) is 0 Å². The molecule has 1 aromatic carbocycles. The Morgan fingerprint density at radius 2 is 1.88 bits per heavy atom. The second-order valence-corrected chi connectivity index (χ2v) is 3.29. The van der Waals surface area contributed by atoms with Gasteiger partial charge in [0.05, 0.1) is 5.56 Å². The zero-order chi connectivity index (χ0) is 11.9. The Balaban J connectivity index is 0.00000144. The van der Waals surface area contributed by atoms with Crippen molar-refractivity contribution >= 4 is 29.3 Å². The maximum absolute atomic E-state index is 12.4. The summed E-state index contributed by atoms with van der Waals surface area (Å²) in [6, 6.07) is 4.21. The van der Waals surface area contributed by atoms with E-state index in [1.165, 1.54) is 12.1 Å². The van der Waals surface area contributed by atoms with Gasteiger partial charge in [-0.2, -0.15) is 13.2 Å². The standard InChI is InChI=1S/C10H6F3NO2.ClH/c11-10(12,13)6-1-2-7-5(3-6)4-8(14-7)9(15)16;/h1-4,14H,(H,15,16);1H. The van der Waals surface area contributed by atoms with Crippen molar-refractivity contribution < 1.29 is 23.1 Å². The highest BCUT2D eigenvalue weighted by molar-refractivity contribution is 5.93. The Hall–Kier alpha value is -1.69. The molecule has 0 atom stereocenters. The molecular formula is C10H7ClF3NO2. The van der Waals surface area contributed by atoms with Crippen molar-refractivity contribution in [3.8, 4) is 0 Å². The number of H-pyrrole nitrogens is 1. The summed E-state index contributed by atoms with van der Waals surface area (Å²) in [6.45, 7) is 0. The Morgan fingerprint density at radius 1 is 1.24 bits per heavy atom. The fourth-order valence-corrected chi connectivity index (χ4v) is 1.42. The fraction of sp³-hybridized carbons (Fsp3) is 0.100. The zero-order valence-electron chi connectivity index (χ0n) is 8.21. The van der Waals surface area contributed by atoms with E-state index < -0.39 is 17.7 Å². The van der Waals surface area contributed by atoms with E-state index in [1.54, 1.807) is 0 Å². The van der Waals surface area contributed by atoms with Crippen LogP contribution in [0.4, 0.5) is 13.2 Å². The van der Waals surface area contributed by atoms with Crippen LogP contribution < -0.4 is 0 Å². The molecule has 3 nitrogen and oxygen atoms in total. The molecular weight excluding hydrogens is 259 g/mol. The van der Waals surface area contributed by atoms with E-state index in [0.29, 0.717) is 5.52 Å². The molecule has 7 heteroatoms. The predicted octanol–water partition coefficient (Wildman–Crippen LogP) is 3.31. The number of benzene rings is 1. The van der Waals surface area contributed by atoms with E-state index in [4.69, 9.17) is 5.11 Å². The van der Waals surface area contributed by atoms with E-state index in [9.17, 15) is 18.0 Å². The second kappa shape index (κ2) is 4.29. The largest absolute Gasteiger partial charge is 0.477 e. The van der Waals surface area contributed by atoms with Crippen LogP contribution in [0.15, 0.2) is 24.3 Å². The van der Waals surface area contributed by atoms with Gasteiger partial charge in [0.15, 0.2) is 0 Å². The summed E-state index contributed by atoms with van der Waals surface area (Å²) in [5.74, 6) is -1.20. The number of aromatic carboxylic acids is 1. The van der Waals surface area contributed by atoms with Gasteiger partial charge in [0, 0.05) is 10.9 Å². The van der Waals surface area contributed by atoms with Gasteiger partial charge >= 0.3 is 12.1 Å². The van der Waals surface area contributed by atoms with Crippen LogP contribution in [0.1, 0.15) is 16.1 Å². The molecule has 0 aliphatic heterocycles. The Morgan fingerprint density at radius 3 is 2.41 bits per heavy atom. The van der Waals surface area contributed by atoms with Crippen molar-refractivity contribution in [2.75, 3.05) is 0 Å². The third kappa shape index (κ3) is 2.52. The molecule has 1 aromatic heterocycles. The number of hydrogen-bond donors (Lipinski definition) is 2. The molecule has 2 aromatic rings. The summed E-state index contributed by atoms with van der Waals surface area (Å²) < 4.78 is 37.1. The third-order valence-corrected chi connectivity index (χ3v) is 2.18. The molecule has 0 aliphatic carbocycles. The molecule has 0 aliphatic rings. The first-order chi connectivity index (χ1) is 7.38. The highest BCUT2D eigenvalue weighted by Crippen LogP contribution is 2.31. The van der Waals surface area contributed by atoms with Gasteiger partial charge in [0.25, 0.3) is 0 Å². The van der Waals surface area contributed by atoms with E-state index >= 15 is 0 Å². The molecule has 0 saturated heterocycles. The van der Waals surface area contributed by atoms with Crippen LogP contribution in [0.5, 0.6) is 0 Å². The number of aromatic amines is 1. The highest BCUT2D eigenvalue weighted by Gasteiger charge is 2.30. The second-order valence-electron chi connectivity index (χ2n) is 3.29. The van der Waals surface area contributed by atoms with Crippen molar-refractivity contribution in [3.05, 3.63) is 35.5 Å². The first-order valence-electron chi connectivity index (χ1n) is 4.31. The van der Waals surface area contributed by atoms with Crippen molar-refractivity contribution in [1.82, 2.24) is 4.98 Å².